The molecule has 2 nitrogen and oxygen atoms in total. The maximum atomic E-state index is 8.68. The van der Waals surface area contributed by atoms with Gasteiger partial charge >= 0.3 is 0 Å². The lowest BCUT2D eigenvalue weighted by Gasteiger charge is -2.05. The first kappa shape index (κ1) is 9.74. The van der Waals surface area contributed by atoms with E-state index in [0.29, 0.717) is 6.42 Å². The van der Waals surface area contributed by atoms with Crippen LogP contribution < -0.4 is 5.73 Å². The minimum absolute atomic E-state index is 0.385. The number of nitrogens with zero attached hydrogens (tertiary/aromatic N) is 1. The number of nitriles is 1. The van der Waals surface area contributed by atoms with Gasteiger partial charge in [-0.1, -0.05) is 0 Å². The molecule has 0 amide bonds. The fourth-order valence-corrected chi connectivity index (χ4v) is 3.39. The summed E-state index contributed by atoms with van der Waals surface area (Å²) >= 11 is 3.93. The van der Waals surface area contributed by atoms with Crippen LogP contribution in [0.4, 0.5) is 5.69 Å². The maximum absolute atomic E-state index is 8.68. The number of benzene rings is 1. The van der Waals surface area contributed by atoms with Gasteiger partial charge in [0.1, 0.15) is 0 Å². The Morgan fingerprint density at radius 3 is 3.07 bits per heavy atom. The zero-order chi connectivity index (χ0) is 10.1. The van der Waals surface area contributed by atoms with Gasteiger partial charge in [-0.05, 0) is 40.1 Å². The molecule has 0 aliphatic carbocycles. The average molecular weight is 314 g/mol. The van der Waals surface area contributed by atoms with Crippen LogP contribution in [-0.2, 0) is 6.42 Å². The molecule has 0 saturated heterocycles. The number of hydrogen-bond donors (Lipinski definition) is 1. The minimum atomic E-state index is 0.385. The second-order valence-electron chi connectivity index (χ2n) is 2.93. The highest BCUT2D eigenvalue weighted by Gasteiger charge is 2.09. The van der Waals surface area contributed by atoms with E-state index in [9.17, 15) is 0 Å². The number of anilines is 1. The van der Waals surface area contributed by atoms with Crippen LogP contribution in [0.2, 0.25) is 0 Å². The first-order valence-corrected chi connectivity index (χ1v) is 6.01. The van der Waals surface area contributed by atoms with Crippen molar-refractivity contribution in [2.24, 2.45) is 0 Å². The Labute approximate surface area is 99.5 Å². The van der Waals surface area contributed by atoms with Crippen molar-refractivity contribution >= 4 is 49.7 Å². The lowest BCUT2D eigenvalue weighted by atomic mass is 10.1. The molecule has 0 fully saturated rings. The van der Waals surface area contributed by atoms with E-state index in [1.54, 1.807) is 11.3 Å². The molecule has 0 radical (unpaired) electrons. The van der Waals surface area contributed by atoms with Crippen LogP contribution in [0.1, 0.15) is 5.56 Å². The van der Waals surface area contributed by atoms with Crippen LogP contribution in [0.3, 0.4) is 0 Å². The van der Waals surface area contributed by atoms with E-state index >= 15 is 0 Å². The molecule has 0 aliphatic rings. The molecule has 1 aromatic heterocycles. The van der Waals surface area contributed by atoms with Crippen molar-refractivity contribution in [2.75, 3.05) is 5.73 Å². The third-order valence-electron chi connectivity index (χ3n) is 2.09. The summed E-state index contributed by atoms with van der Waals surface area (Å²) in [6.45, 7) is 0. The second-order valence-corrected chi connectivity index (χ2v) is 4.95. The quantitative estimate of drug-likeness (QED) is 0.649. The molecule has 0 saturated carbocycles. The van der Waals surface area contributed by atoms with Gasteiger partial charge in [-0.15, -0.1) is 11.3 Å². The van der Waals surface area contributed by atoms with Crippen LogP contribution >= 0.6 is 33.9 Å². The topological polar surface area (TPSA) is 49.8 Å². The van der Waals surface area contributed by atoms with Crippen molar-refractivity contribution in [1.29, 1.82) is 5.26 Å². The minimum Gasteiger partial charge on any atom is -0.398 e. The number of nitrogen functional groups attached to an aromatic ring is 1. The summed E-state index contributed by atoms with van der Waals surface area (Å²) in [6, 6.07) is 6.17. The summed E-state index contributed by atoms with van der Waals surface area (Å²) in [6.07, 6.45) is 0.385. The molecule has 14 heavy (non-hydrogen) atoms. The SMILES string of the molecule is N#CCc1c(N)cc2sccc2c1I. The van der Waals surface area contributed by atoms with Crippen LogP contribution in [0, 0.1) is 14.9 Å². The number of hydrogen-bond acceptors (Lipinski definition) is 3. The summed E-state index contributed by atoms with van der Waals surface area (Å²) < 4.78 is 2.30. The predicted molar refractivity (Wildman–Crippen MR) is 68.3 cm³/mol. The van der Waals surface area contributed by atoms with Crippen molar-refractivity contribution in [3.05, 3.63) is 26.6 Å². The van der Waals surface area contributed by atoms with Gasteiger partial charge in [0.05, 0.1) is 12.5 Å². The van der Waals surface area contributed by atoms with E-state index in [1.807, 2.05) is 11.4 Å². The lowest BCUT2D eigenvalue weighted by Crippen LogP contribution is -1.96. The lowest BCUT2D eigenvalue weighted by molar-refractivity contribution is 1.26. The van der Waals surface area contributed by atoms with E-state index in [1.165, 1.54) is 10.1 Å². The Morgan fingerprint density at radius 2 is 2.36 bits per heavy atom. The van der Waals surface area contributed by atoms with Gasteiger partial charge in [0.15, 0.2) is 0 Å². The molecule has 0 bridgehead atoms. The van der Waals surface area contributed by atoms with Crippen molar-refractivity contribution in [1.82, 2.24) is 0 Å². The summed E-state index contributed by atoms with van der Waals surface area (Å²) in [5, 5.41) is 11.9. The molecule has 0 atom stereocenters. The van der Waals surface area contributed by atoms with Gasteiger partial charge in [0.25, 0.3) is 0 Å². The number of halogens is 1. The Bertz CT molecular complexity index is 525. The van der Waals surface area contributed by atoms with E-state index in [2.05, 4.69) is 34.7 Å². The zero-order valence-corrected chi connectivity index (χ0v) is 10.2. The van der Waals surface area contributed by atoms with Crippen molar-refractivity contribution in [3.63, 3.8) is 0 Å². The fourth-order valence-electron chi connectivity index (χ4n) is 1.39. The molecule has 0 aliphatic heterocycles. The van der Waals surface area contributed by atoms with Gasteiger partial charge in [0, 0.05) is 24.9 Å². The fraction of sp³-hybridized carbons (Fsp3) is 0.100. The highest BCUT2D eigenvalue weighted by atomic mass is 127. The summed E-state index contributed by atoms with van der Waals surface area (Å²) in [5.41, 5.74) is 7.57. The Hall–Kier alpha value is -0.800. The summed E-state index contributed by atoms with van der Waals surface area (Å²) in [4.78, 5) is 0. The standard InChI is InChI=1S/C10H7IN2S/c11-10-6(1-3-12)8(13)5-9-7(10)2-4-14-9/h2,4-5H,1,13H2. The summed E-state index contributed by atoms with van der Waals surface area (Å²) in [7, 11) is 0. The third-order valence-corrected chi connectivity index (χ3v) is 4.18. The molecular weight excluding hydrogens is 307 g/mol. The van der Waals surface area contributed by atoms with Gasteiger partial charge in [-0.3, -0.25) is 0 Å². The zero-order valence-electron chi connectivity index (χ0n) is 7.25. The molecule has 1 heterocycles. The number of fused-ring (bicyclic) bond motifs is 1. The molecular formula is C10H7IN2S. The van der Waals surface area contributed by atoms with Crippen molar-refractivity contribution in [3.8, 4) is 6.07 Å². The first-order valence-electron chi connectivity index (χ1n) is 4.05. The molecule has 70 valence electrons. The molecule has 2 rings (SSSR count). The number of rotatable bonds is 1. The molecule has 4 heteroatoms. The van der Waals surface area contributed by atoms with E-state index in [0.717, 1.165) is 14.8 Å². The largest absolute Gasteiger partial charge is 0.398 e. The summed E-state index contributed by atoms with van der Waals surface area (Å²) in [5.74, 6) is 0. The van der Waals surface area contributed by atoms with Crippen LogP contribution in [0.5, 0.6) is 0 Å². The van der Waals surface area contributed by atoms with Crippen molar-refractivity contribution < 1.29 is 0 Å². The average Bonchev–Trinajstić information content (AvgIpc) is 2.60. The third kappa shape index (κ3) is 1.47. The van der Waals surface area contributed by atoms with Gasteiger partial charge in [0.2, 0.25) is 0 Å². The Kier molecular flexibility index (Phi) is 2.61. The maximum Gasteiger partial charge on any atom is 0.0670 e. The van der Waals surface area contributed by atoms with E-state index in [-0.39, 0.29) is 0 Å². The monoisotopic (exact) mass is 314 g/mol. The second kappa shape index (κ2) is 3.75. The number of thiophene rings is 1. The molecule has 2 N–H and O–H groups in total. The smallest absolute Gasteiger partial charge is 0.0670 e. The van der Waals surface area contributed by atoms with Gasteiger partial charge in [-0.25, -0.2) is 0 Å². The van der Waals surface area contributed by atoms with Gasteiger partial charge < -0.3 is 5.73 Å². The molecule has 2 aromatic rings. The highest BCUT2D eigenvalue weighted by Crippen LogP contribution is 2.32. The van der Waals surface area contributed by atoms with Crippen LogP contribution in [-0.4, -0.2) is 0 Å². The highest BCUT2D eigenvalue weighted by molar-refractivity contribution is 14.1. The first-order chi connectivity index (χ1) is 6.74. The molecule has 0 unspecified atom stereocenters. The number of nitrogens with two attached hydrogens (primary N) is 1. The van der Waals surface area contributed by atoms with Crippen LogP contribution in [0.25, 0.3) is 10.1 Å². The van der Waals surface area contributed by atoms with Crippen molar-refractivity contribution in [2.45, 2.75) is 6.42 Å². The normalized spacial score (nSPS) is 10.3. The molecule has 1 aromatic carbocycles. The Morgan fingerprint density at radius 1 is 1.57 bits per heavy atom. The van der Waals surface area contributed by atoms with Gasteiger partial charge in [-0.2, -0.15) is 5.26 Å². The Balaban J connectivity index is 2.77. The predicted octanol–water partition coefficient (Wildman–Crippen LogP) is 3.15. The van der Waals surface area contributed by atoms with Crippen LogP contribution in [0.15, 0.2) is 17.5 Å². The van der Waals surface area contributed by atoms with E-state index < -0.39 is 0 Å². The van der Waals surface area contributed by atoms with E-state index in [4.69, 9.17) is 11.0 Å². The molecule has 0 spiro atoms.